The van der Waals surface area contributed by atoms with Crippen LogP contribution in [0.5, 0.6) is 5.88 Å². The zero-order valence-corrected chi connectivity index (χ0v) is 12.9. The van der Waals surface area contributed by atoms with Gasteiger partial charge in [-0.25, -0.2) is 14.6 Å². The average Bonchev–Trinajstić information content (AvgIpc) is 2.56. The van der Waals surface area contributed by atoms with Gasteiger partial charge in [0.25, 0.3) is 0 Å². The van der Waals surface area contributed by atoms with E-state index in [4.69, 9.17) is 4.74 Å². The van der Waals surface area contributed by atoms with Crippen molar-refractivity contribution >= 4 is 12.1 Å². The summed E-state index contributed by atoms with van der Waals surface area (Å²) in [5.41, 5.74) is 1.61. The number of carboxylic acids is 1. The molecule has 1 atom stereocenters. The highest BCUT2D eigenvalue weighted by Gasteiger charge is 2.18. The summed E-state index contributed by atoms with van der Waals surface area (Å²) >= 11 is 0. The quantitative estimate of drug-likeness (QED) is 0.885. The maximum atomic E-state index is 11.4. The van der Waals surface area contributed by atoms with E-state index in [-0.39, 0.29) is 17.4 Å². The number of pyridine rings is 1. The fourth-order valence-corrected chi connectivity index (χ4v) is 2.33. The predicted octanol–water partition coefficient (Wildman–Crippen LogP) is 3.04. The number of hydrogen-bond acceptors (Lipinski definition) is 4. The van der Waals surface area contributed by atoms with Crippen molar-refractivity contribution in [1.29, 1.82) is 0 Å². The molecule has 0 aliphatic heterocycles. The van der Waals surface area contributed by atoms with Gasteiger partial charge in [-0.1, -0.05) is 37.3 Å². The monoisotopic (exact) mass is 314 g/mol. The number of aromatic carboxylic acids is 1. The van der Waals surface area contributed by atoms with Gasteiger partial charge in [-0.3, -0.25) is 0 Å². The number of ether oxygens (including phenoxy) is 1. The van der Waals surface area contributed by atoms with Crippen LogP contribution in [0.25, 0.3) is 0 Å². The molecule has 0 saturated heterocycles. The summed E-state index contributed by atoms with van der Waals surface area (Å²) in [5.74, 6) is -1.21. The van der Waals surface area contributed by atoms with Gasteiger partial charge in [0.15, 0.2) is 0 Å². The highest BCUT2D eigenvalue weighted by molar-refractivity contribution is 5.88. The Morgan fingerprint density at radius 2 is 1.96 bits per heavy atom. The Morgan fingerprint density at radius 1 is 1.26 bits per heavy atom. The van der Waals surface area contributed by atoms with Crippen LogP contribution in [0.3, 0.4) is 0 Å². The highest BCUT2D eigenvalue weighted by atomic mass is 16.6. The van der Waals surface area contributed by atoms with Crippen LogP contribution in [0.15, 0.2) is 42.5 Å². The maximum absolute atomic E-state index is 11.4. The number of amides is 1. The fraction of sp³-hybridized carbons (Fsp3) is 0.235. The molecule has 2 aromatic rings. The normalized spacial score (nSPS) is 11.6. The lowest BCUT2D eigenvalue weighted by Gasteiger charge is -2.16. The smallest absolute Gasteiger partial charge is 0.413 e. The van der Waals surface area contributed by atoms with Gasteiger partial charge in [0.2, 0.25) is 5.88 Å². The molecule has 2 rings (SSSR count). The summed E-state index contributed by atoms with van der Waals surface area (Å²) in [5, 5.41) is 11.6. The van der Waals surface area contributed by atoms with Crippen LogP contribution in [0.1, 0.15) is 40.9 Å². The van der Waals surface area contributed by atoms with E-state index in [1.165, 1.54) is 19.2 Å². The number of carbonyl (C=O) groups excluding carboxylic acids is 1. The third-order valence-corrected chi connectivity index (χ3v) is 3.44. The second-order valence-corrected chi connectivity index (χ2v) is 4.94. The molecule has 0 saturated carbocycles. The van der Waals surface area contributed by atoms with Crippen molar-refractivity contribution in [3.05, 3.63) is 59.3 Å². The Kier molecular flexibility index (Phi) is 5.30. The lowest BCUT2D eigenvalue weighted by atomic mass is 9.92. The number of benzene rings is 1. The van der Waals surface area contributed by atoms with Crippen molar-refractivity contribution < 1.29 is 19.4 Å². The maximum Gasteiger partial charge on any atom is 0.413 e. The Labute approximate surface area is 134 Å². The molecule has 0 bridgehead atoms. The first-order chi connectivity index (χ1) is 11.0. The van der Waals surface area contributed by atoms with Crippen LogP contribution in [0.2, 0.25) is 0 Å². The minimum Gasteiger partial charge on any atom is -0.478 e. The highest BCUT2D eigenvalue weighted by Crippen LogP contribution is 2.28. The topological polar surface area (TPSA) is 88.5 Å². The molecule has 6 nitrogen and oxygen atoms in total. The van der Waals surface area contributed by atoms with E-state index >= 15 is 0 Å². The van der Waals surface area contributed by atoms with Gasteiger partial charge < -0.3 is 15.2 Å². The largest absolute Gasteiger partial charge is 0.478 e. The van der Waals surface area contributed by atoms with Crippen molar-refractivity contribution in [2.75, 3.05) is 7.05 Å². The molecule has 1 heterocycles. The second kappa shape index (κ2) is 7.40. The number of carbonyl (C=O) groups is 2. The summed E-state index contributed by atoms with van der Waals surface area (Å²) < 4.78 is 5.00. The van der Waals surface area contributed by atoms with Crippen LogP contribution >= 0.6 is 0 Å². The zero-order chi connectivity index (χ0) is 16.8. The number of hydrogen-bond donors (Lipinski definition) is 2. The second-order valence-electron chi connectivity index (χ2n) is 4.94. The van der Waals surface area contributed by atoms with E-state index in [0.717, 1.165) is 12.0 Å². The summed E-state index contributed by atoms with van der Waals surface area (Å²) in [6.07, 6.45) is 0.0400. The zero-order valence-electron chi connectivity index (χ0n) is 12.9. The standard InChI is InChI=1S/C17H18N2O4/c1-3-13(11-7-5-4-6-8-11)14-9-12(16(20)21)10-15(19-14)23-17(22)18-2/h4-10,13H,3H2,1-2H3,(H,18,22)(H,20,21). The Morgan fingerprint density at radius 3 is 2.52 bits per heavy atom. The lowest BCUT2D eigenvalue weighted by molar-refractivity contribution is 0.0696. The molecule has 0 fully saturated rings. The summed E-state index contributed by atoms with van der Waals surface area (Å²) in [6, 6.07) is 12.4. The van der Waals surface area contributed by atoms with Crippen LogP contribution in [0.4, 0.5) is 4.79 Å². The van der Waals surface area contributed by atoms with E-state index in [1.54, 1.807) is 0 Å². The van der Waals surface area contributed by atoms with Gasteiger partial charge in [0.1, 0.15) is 0 Å². The first-order valence-corrected chi connectivity index (χ1v) is 7.25. The van der Waals surface area contributed by atoms with Crippen molar-refractivity contribution in [2.45, 2.75) is 19.3 Å². The van der Waals surface area contributed by atoms with E-state index in [9.17, 15) is 14.7 Å². The number of nitrogens with one attached hydrogen (secondary N) is 1. The molecule has 0 aliphatic rings. The fourth-order valence-electron chi connectivity index (χ4n) is 2.33. The number of aromatic nitrogens is 1. The lowest BCUT2D eigenvalue weighted by Crippen LogP contribution is -2.23. The van der Waals surface area contributed by atoms with Gasteiger partial charge >= 0.3 is 12.1 Å². The molecular formula is C17H18N2O4. The molecule has 0 radical (unpaired) electrons. The first kappa shape index (κ1) is 16.5. The molecule has 2 N–H and O–H groups in total. The van der Waals surface area contributed by atoms with Crippen molar-refractivity contribution in [1.82, 2.24) is 10.3 Å². The van der Waals surface area contributed by atoms with Gasteiger partial charge in [-0.15, -0.1) is 0 Å². The molecular weight excluding hydrogens is 296 g/mol. The van der Waals surface area contributed by atoms with E-state index < -0.39 is 12.1 Å². The molecule has 1 aromatic heterocycles. The molecule has 120 valence electrons. The van der Waals surface area contributed by atoms with E-state index in [0.29, 0.717) is 5.69 Å². The SMILES string of the molecule is CCC(c1ccccc1)c1cc(C(=O)O)cc(OC(=O)NC)n1. The molecule has 1 unspecified atom stereocenters. The van der Waals surface area contributed by atoms with Gasteiger partial charge in [0.05, 0.1) is 11.3 Å². The third kappa shape index (κ3) is 4.06. The Bertz CT molecular complexity index is 701. The first-order valence-electron chi connectivity index (χ1n) is 7.25. The van der Waals surface area contributed by atoms with Crippen LogP contribution in [-0.4, -0.2) is 29.2 Å². The van der Waals surface area contributed by atoms with Crippen molar-refractivity contribution in [3.63, 3.8) is 0 Å². The molecule has 0 aliphatic carbocycles. The molecule has 0 spiro atoms. The van der Waals surface area contributed by atoms with Crippen LogP contribution < -0.4 is 10.1 Å². The average molecular weight is 314 g/mol. The van der Waals surface area contributed by atoms with Gasteiger partial charge in [-0.2, -0.15) is 0 Å². The summed E-state index contributed by atoms with van der Waals surface area (Å²) in [4.78, 5) is 27.0. The summed E-state index contributed by atoms with van der Waals surface area (Å²) in [7, 11) is 1.42. The molecule has 23 heavy (non-hydrogen) atoms. The number of carboxylic acid groups (broad SMARTS) is 1. The minimum absolute atomic E-state index is 0.0308. The van der Waals surface area contributed by atoms with E-state index in [2.05, 4.69) is 10.3 Å². The van der Waals surface area contributed by atoms with Crippen molar-refractivity contribution in [3.8, 4) is 5.88 Å². The summed E-state index contributed by atoms with van der Waals surface area (Å²) in [6.45, 7) is 1.99. The van der Waals surface area contributed by atoms with Crippen LogP contribution in [0, 0.1) is 0 Å². The molecule has 6 heteroatoms. The van der Waals surface area contributed by atoms with Gasteiger partial charge in [-0.05, 0) is 18.1 Å². The predicted molar refractivity (Wildman–Crippen MR) is 84.9 cm³/mol. The Balaban J connectivity index is 2.47. The minimum atomic E-state index is -1.10. The Hall–Kier alpha value is -2.89. The third-order valence-electron chi connectivity index (χ3n) is 3.44. The van der Waals surface area contributed by atoms with E-state index in [1.807, 2.05) is 37.3 Å². The van der Waals surface area contributed by atoms with Gasteiger partial charge in [0, 0.05) is 19.0 Å². The molecule has 1 aromatic carbocycles. The van der Waals surface area contributed by atoms with Crippen molar-refractivity contribution in [2.24, 2.45) is 0 Å². The number of rotatable bonds is 5. The van der Waals surface area contributed by atoms with Crippen LogP contribution in [-0.2, 0) is 0 Å². The number of nitrogens with zero attached hydrogens (tertiary/aromatic N) is 1. The molecule has 1 amide bonds.